The number of aromatic nitrogens is 2. The molecule has 32 heavy (non-hydrogen) atoms. The molecule has 1 fully saturated rings. The van der Waals surface area contributed by atoms with Gasteiger partial charge in [-0.15, -0.1) is 24.0 Å². The molecule has 0 spiro atoms. The van der Waals surface area contributed by atoms with E-state index >= 15 is 0 Å². The van der Waals surface area contributed by atoms with Crippen molar-refractivity contribution in [3.8, 4) is 5.75 Å². The fraction of sp³-hybridized carbons (Fsp3) is 0.435. The van der Waals surface area contributed by atoms with E-state index in [0.29, 0.717) is 13.2 Å². The number of halogens is 1. The molecular formula is C23H34IN7O. The molecule has 2 aromatic rings. The minimum absolute atomic E-state index is 0. The van der Waals surface area contributed by atoms with Gasteiger partial charge in [-0.05, 0) is 19.1 Å². The van der Waals surface area contributed by atoms with E-state index in [1.807, 2.05) is 30.3 Å². The number of ether oxygens (including phenoxy) is 1. The van der Waals surface area contributed by atoms with Gasteiger partial charge in [0.05, 0.1) is 6.54 Å². The molecule has 1 aliphatic rings. The van der Waals surface area contributed by atoms with Gasteiger partial charge in [-0.1, -0.05) is 30.9 Å². The topological polar surface area (TPSA) is 77.9 Å². The van der Waals surface area contributed by atoms with Gasteiger partial charge in [-0.3, -0.25) is 4.90 Å². The van der Waals surface area contributed by atoms with E-state index in [9.17, 15) is 0 Å². The zero-order valence-electron chi connectivity index (χ0n) is 18.7. The fourth-order valence-electron chi connectivity index (χ4n) is 3.39. The molecular weight excluding hydrogens is 517 g/mol. The summed E-state index contributed by atoms with van der Waals surface area (Å²) >= 11 is 0. The van der Waals surface area contributed by atoms with E-state index < -0.39 is 0 Å². The van der Waals surface area contributed by atoms with Crippen LogP contribution >= 0.6 is 24.0 Å². The van der Waals surface area contributed by atoms with E-state index in [4.69, 9.17) is 9.73 Å². The third-order valence-electron chi connectivity index (χ3n) is 5.01. The van der Waals surface area contributed by atoms with Crippen molar-refractivity contribution >= 4 is 35.9 Å². The molecule has 0 radical (unpaired) electrons. The van der Waals surface area contributed by atoms with Gasteiger partial charge in [0.15, 0.2) is 5.96 Å². The summed E-state index contributed by atoms with van der Waals surface area (Å²) in [6.07, 6.45) is 5.34. The van der Waals surface area contributed by atoms with Crippen molar-refractivity contribution in [3.05, 3.63) is 60.9 Å². The number of hydrogen-bond acceptors (Lipinski definition) is 6. The number of aliphatic imine (C=N–C) groups is 1. The number of benzene rings is 1. The van der Waals surface area contributed by atoms with Gasteiger partial charge in [-0.2, -0.15) is 0 Å². The number of nitrogens with zero attached hydrogens (tertiary/aromatic N) is 5. The summed E-state index contributed by atoms with van der Waals surface area (Å²) in [6, 6.07) is 9.84. The van der Waals surface area contributed by atoms with Crippen LogP contribution in [0.25, 0.3) is 0 Å². The molecule has 1 aromatic carbocycles. The van der Waals surface area contributed by atoms with Gasteiger partial charge < -0.3 is 20.3 Å². The van der Waals surface area contributed by atoms with Crippen molar-refractivity contribution in [2.24, 2.45) is 4.99 Å². The highest BCUT2D eigenvalue weighted by atomic mass is 127. The Kier molecular flexibility index (Phi) is 11.8. The standard InChI is InChI=1S/C23H33N7O.HI/c1-3-18-31-21-9-6-5-8-20(21)19-28-22(24-4-2)25-12-13-29-14-16-30(17-15-29)23-26-10-7-11-27-23;/h3,5-11H,1,4,12-19H2,2H3,(H2,24,25,28);1H. The van der Waals surface area contributed by atoms with E-state index in [-0.39, 0.29) is 24.0 Å². The van der Waals surface area contributed by atoms with Gasteiger partial charge in [0.1, 0.15) is 12.4 Å². The second-order valence-electron chi connectivity index (χ2n) is 7.21. The van der Waals surface area contributed by atoms with Crippen LogP contribution in [0.2, 0.25) is 0 Å². The van der Waals surface area contributed by atoms with Crippen LogP contribution < -0.4 is 20.3 Å². The molecule has 0 atom stereocenters. The Morgan fingerprint density at radius 1 is 1.12 bits per heavy atom. The average molecular weight is 551 g/mol. The number of anilines is 1. The molecule has 1 saturated heterocycles. The normalized spacial score (nSPS) is 14.4. The van der Waals surface area contributed by atoms with Crippen LogP contribution in [-0.4, -0.2) is 73.2 Å². The van der Waals surface area contributed by atoms with E-state index in [0.717, 1.165) is 69.0 Å². The third kappa shape index (κ3) is 8.27. The van der Waals surface area contributed by atoms with Crippen molar-refractivity contribution in [2.45, 2.75) is 13.5 Å². The molecule has 1 aromatic heterocycles. The van der Waals surface area contributed by atoms with Crippen LogP contribution in [-0.2, 0) is 6.54 Å². The van der Waals surface area contributed by atoms with Crippen LogP contribution in [0, 0.1) is 0 Å². The highest BCUT2D eigenvalue weighted by Crippen LogP contribution is 2.18. The Hall–Kier alpha value is -2.40. The Morgan fingerprint density at radius 3 is 2.59 bits per heavy atom. The lowest BCUT2D eigenvalue weighted by atomic mass is 10.2. The van der Waals surface area contributed by atoms with Gasteiger partial charge >= 0.3 is 0 Å². The predicted molar refractivity (Wildman–Crippen MR) is 141 cm³/mol. The predicted octanol–water partition coefficient (Wildman–Crippen LogP) is 2.54. The zero-order valence-corrected chi connectivity index (χ0v) is 21.1. The Labute approximate surface area is 208 Å². The molecule has 0 aliphatic carbocycles. The maximum absolute atomic E-state index is 5.73. The Morgan fingerprint density at radius 2 is 1.88 bits per heavy atom. The van der Waals surface area contributed by atoms with Crippen LogP contribution in [0.3, 0.4) is 0 Å². The highest BCUT2D eigenvalue weighted by molar-refractivity contribution is 14.0. The van der Waals surface area contributed by atoms with Gasteiger partial charge in [-0.25, -0.2) is 15.0 Å². The minimum Gasteiger partial charge on any atom is -0.489 e. The summed E-state index contributed by atoms with van der Waals surface area (Å²) in [7, 11) is 0. The monoisotopic (exact) mass is 551 g/mol. The Balaban J connectivity index is 0.00000363. The molecule has 0 bridgehead atoms. The van der Waals surface area contributed by atoms with E-state index in [1.165, 1.54) is 0 Å². The van der Waals surface area contributed by atoms with Crippen LogP contribution in [0.1, 0.15) is 12.5 Å². The fourth-order valence-corrected chi connectivity index (χ4v) is 3.39. The third-order valence-corrected chi connectivity index (χ3v) is 5.01. The smallest absolute Gasteiger partial charge is 0.225 e. The summed E-state index contributed by atoms with van der Waals surface area (Å²) in [5.41, 5.74) is 1.06. The number of rotatable bonds is 10. The Bertz CT molecular complexity index is 826. The van der Waals surface area contributed by atoms with Crippen molar-refractivity contribution in [1.82, 2.24) is 25.5 Å². The maximum Gasteiger partial charge on any atom is 0.225 e. The summed E-state index contributed by atoms with van der Waals surface area (Å²) < 4.78 is 5.73. The summed E-state index contributed by atoms with van der Waals surface area (Å²) in [4.78, 5) is 18.1. The highest BCUT2D eigenvalue weighted by Gasteiger charge is 2.18. The van der Waals surface area contributed by atoms with Crippen LogP contribution in [0.5, 0.6) is 5.75 Å². The molecule has 0 saturated carbocycles. The first-order chi connectivity index (χ1) is 15.3. The lowest BCUT2D eigenvalue weighted by Crippen LogP contribution is -2.49. The first kappa shape index (κ1) is 25.9. The quantitative estimate of drug-likeness (QED) is 0.204. The number of para-hydroxylation sites is 1. The lowest BCUT2D eigenvalue weighted by Gasteiger charge is -2.34. The lowest BCUT2D eigenvalue weighted by molar-refractivity contribution is 0.260. The average Bonchev–Trinajstić information content (AvgIpc) is 2.82. The molecule has 3 rings (SSSR count). The minimum atomic E-state index is 0. The number of guanidine groups is 1. The summed E-state index contributed by atoms with van der Waals surface area (Å²) in [5.74, 6) is 2.49. The van der Waals surface area contributed by atoms with Crippen molar-refractivity contribution in [1.29, 1.82) is 0 Å². The van der Waals surface area contributed by atoms with Crippen LogP contribution in [0.15, 0.2) is 60.4 Å². The molecule has 0 unspecified atom stereocenters. The number of nitrogens with one attached hydrogen (secondary N) is 2. The van der Waals surface area contributed by atoms with E-state index in [1.54, 1.807) is 18.5 Å². The summed E-state index contributed by atoms with van der Waals surface area (Å²) in [6.45, 7) is 13.3. The van der Waals surface area contributed by atoms with Gasteiger partial charge in [0.25, 0.3) is 0 Å². The second-order valence-corrected chi connectivity index (χ2v) is 7.21. The number of piperazine rings is 1. The number of hydrogen-bond donors (Lipinski definition) is 2. The molecule has 9 heteroatoms. The molecule has 0 amide bonds. The summed E-state index contributed by atoms with van der Waals surface area (Å²) in [5, 5.41) is 6.77. The second kappa shape index (κ2) is 14.6. The van der Waals surface area contributed by atoms with Crippen molar-refractivity contribution < 1.29 is 4.74 Å². The van der Waals surface area contributed by atoms with E-state index in [2.05, 4.69) is 43.9 Å². The molecule has 1 aliphatic heterocycles. The van der Waals surface area contributed by atoms with Crippen molar-refractivity contribution in [2.75, 3.05) is 57.3 Å². The first-order valence-corrected chi connectivity index (χ1v) is 10.9. The van der Waals surface area contributed by atoms with Gasteiger partial charge in [0.2, 0.25) is 5.95 Å². The van der Waals surface area contributed by atoms with Gasteiger partial charge in [0, 0.05) is 63.8 Å². The zero-order chi connectivity index (χ0) is 21.7. The largest absolute Gasteiger partial charge is 0.489 e. The molecule has 174 valence electrons. The SMILES string of the molecule is C=CCOc1ccccc1CN=C(NCC)NCCN1CCN(c2ncccn2)CC1.I. The molecule has 2 heterocycles. The maximum atomic E-state index is 5.73. The van der Waals surface area contributed by atoms with Crippen LogP contribution in [0.4, 0.5) is 5.95 Å². The molecule has 8 nitrogen and oxygen atoms in total. The first-order valence-electron chi connectivity index (χ1n) is 10.9. The van der Waals surface area contributed by atoms with Crippen molar-refractivity contribution in [3.63, 3.8) is 0 Å². The molecule has 2 N–H and O–H groups in total.